The Labute approximate surface area is 106 Å². The predicted molar refractivity (Wildman–Crippen MR) is 63.1 cm³/mol. The van der Waals surface area contributed by atoms with Crippen molar-refractivity contribution < 1.29 is 14.4 Å². The number of carbonyl (C=O) groups excluding carboxylic acids is 3. The molecule has 2 heterocycles. The van der Waals surface area contributed by atoms with E-state index >= 15 is 0 Å². The molecule has 1 aliphatic rings. The molecule has 9 heteroatoms. The van der Waals surface area contributed by atoms with Crippen LogP contribution in [0.3, 0.4) is 0 Å². The van der Waals surface area contributed by atoms with Gasteiger partial charge in [0.2, 0.25) is 22.0 Å². The van der Waals surface area contributed by atoms with Crippen LogP contribution < -0.4 is 16.0 Å². The quantitative estimate of drug-likeness (QED) is 0.614. The Bertz CT molecular complexity index is 500. The number of rotatable bonds is 3. The lowest BCUT2D eigenvalue weighted by Gasteiger charge is -2.21. The highest BCUT2D eigenvalue weighted by atomic mass is 32.1. The monoisotopic (exact) mass is 269 g/mol. The van der Waals surface area contributed by atoms with Crippen LogP contribution in [0.1, 0.15) is 22.6 Å². The number of nitrogens with one attached hydrogen (secondary N) is 3. The molecule has 1 aliphatic heterocycles. The molecule has 0 saturated carbocycles. The molecule has 8 nitrogen and oxygen atoms in total. The summed E-state index contributed by atoms with van der Waals surface area (Å²) in [6, 6.07) is -0.697. The van der Waals surface area contributed by atoms with Crippen LogP contribution >= 0.6 is 11.3 Å². The molecule has 3 N–H and O–H groups in total. The molecule has 1 saturated heterocycles. The summed E-state index contributed by atoms with van der Waals surface area (Å²) in [6.07, 6.45) is 0.517. The van der Waals surface area contributed by atoms with E-state index in [9.17, 15) is 14.4 Å². The minimum atomic E-state index is -0.697. The summed E-state index contributed by atoms with van der Waals surface area (Å²) in [5.41, 5.74) is 0. The van der Waals surface area contributed by atoms with E-state index in [0.29, 0.717) is 11.6 Å². The standard InChI is InChI=1S/C9H11N5O3S/c1-10-9-14-13-8(18-9)7(17)11-4-2-3-5(15)12-6(4)16/h4H,2-3H2,1H3,(H,10,14)(H,11,17)(H,12,15,16). The lowest BCUT2D eigenvalue weighted by molar-refractivity contribution is -0.134. The molecule has 2 rings (SSSR count). The molecule has 1 unspecified atom stereocenters. The highest BCUT2D eigenvalue weighted by molar-refractivity contribution is 7.17. The second-order valence-corrected chi connectivity index (χ2v) is 4.62. The topological polar surface area (TPSA) is 113 Å². The van der Waals surface area contributed by atoms with E-state index in [1.54, 1.807) is 7.05 Å². The normalized spacial score (nSPS) is 19.3. The van der Waals surface area contributed by atoms with Gasteiger partial charge >= 0.3 is 0 Å². The zero-order chi connectivity index (χ0) is 13.1. The summed E-state index contributed by atoms with van der Waals surface area (Å²) in [4.78, 5) is 34.2. The number of anilines is 1. The first-order valence-electron chi connectivity index (χ1n) is 5.26. The average Bonchev–Trinajstić information content (AvgIpc) is 2.81. The Kier molecular flexibility index (Phi) is 3.51. The van der Waals surface area contributed by atoms with Crippen LogP contribution in [0.5, 0.6) is 0 Å². The lowest BCUT2D eigenvalue weighted by Crippen LogP contribution is -2.52. The largest absolute Gasteiger partial charge is 0.363 e. The number of imide groups is 1. The molecule has 1 aromatic rings. The van der Waals surface area contributed by atoms with Gasteiger partial charge in [0.1, 0.15) is 6.04 Å². The summed E-state index contributed by atoms with van der Waals surface area (Å²) in [5.74, 6) is -1.28. The van der Waals surface area contributed by atoms with E-state index in [4.69, 9.17) is 0 Å². The smallest absolute Gasteiger partial charge is 0.282 e. The number of hydrogen-bond donors (Lipinski definition) is 3. The number of nitrogens with zero attached hydrogens (tertiary/aromatic N) is 2. The van der Waals surface area contributed by atoms with E-state index in [1.807, 2.05) is 0 Å². The van der Waals surface area contributed by atoms with Gasteiger partial charge in [0.25, 0.3) is 5.91 Å². The first kappa shape index (κ1) is 12.4. The Hall–Kier alpha value is -2.03. The predicted octanol–water partition coefficient (Wildman–Crippen LogP) is -0.885. The van der Waals surface area contributed by atoms with Crippen molar-refractivity contribution in [2.24, 2.45) is 0 Å². The van der Waals surface area contributed by atoms with Crippen molar-refractivity contribution in [1.82, 2.24) is 20.8 Å². The van der Waals surface area contributed by atoms with Crippen LogP contribution in [0.15, 0.2) is 0 Å². The molecule has 3 amide bonds. The zero-order valence-corrected chi connectivity index (χ0v) is 10.3. The molecule has 96 valence electrons. The third-order valence-corrected chi connectivity index (χ3v) is 3.32. The van der Waals surface area contributed by atoms with Gasteiger partial charge in [-0.25, -0.2) is 0 Å². The SMILES string of the molecule is CNc1nnc(C(=O)NC2CCC(=O)NC2=O)s1. The highest BCUT2D eigenvalue weighted by Gasteiger charge is 2.28. The van der Waals surface area contributed by atoms with Crippen molar-refractivity contribution in [3.8, 4) is 0 Å². The van der Waals surface area contributed by atoms with Gasteiger partial charge in [0.15, 0.2) is 0 Å². The second kappa shape index (κ2) is 5.08. The lowest BCUT2D eigenvalue weighted by atomic mass is 10.1. The third-order valence-electron chi connectivity index (χ3n) is 2.38. The number of amides is 3. The van der Waals surface area contributed by atoms with Crippen molar-refractivity contribution >= 4 is 34.2 Å². The Morgan fingerprint density at radius 1 is 1.44 bits per heavy atom. The molecule has 0 bridgehead atoms. The van der Waals surface area contributed by atoms with E-state index in [-0.39, 0.29) is 17.3 Å². The van der Waals surface area contributed by atoms with E-state index in [2.05, 4.69) is 26.1 Å². The maximum Gasteiger partial charge on any atom is 0.282 e. The summed E-state index contributed by atoms with van der Waals surface area (Å²) >= 11 is 1.09. The number of carbonyl (C=O) groups is 3. The third kappa shape index (κ3) is 2.62. The van der Waals surface area contributed by atoms with Gasteiger partial charge < -0.3 is 10.6 Å². The van der Waals surface area contributed by atoms with Crippen LogP contribution in [0.25, 0.3) is 0 Å². The maximum atomic E-state index is 11.8. The van der Waals surface area contributed by atoms with E-state index in [0.717, 1.165) is 11.3 Å². The van der Waals surface area contributed by atoms with Gasteiger partial charge in [-0.15, -0.1) is 10.2 Å². The zero-order valence-electron chi connectivity index (χ0n) is 9.52. The molecule has 18 heavy (non-hydrogen) atoms. The van der Waals surface area contributed by atoms with Crippen molar-refractivity contribution in [3.63, 3.8) is 0 Å². The van der Waals surface area contributed by atoms with Gasteiger partial charge in [0, 0.05) is 13.5 Å². The van der Waals surface area contributed by atoms with Crippen LogP contribution in [-0.4, -0.2) is 41.0 Å². The Morgan fingerprint density at radius 3 is 2.83 bits per heavy atom. The first-order chi connectivity index (χ1) is 8.60. The molecule has 1 atom stereocenters. The van der Waals surface area contributed by atoms with Crippen molar-refractivity contribution in [2.45, 2.75) is 18.9 Å². The first-order valence-corrected chi connectivity index (χ1v) is 6.07. The fraction of sp³-hybridized carbons (Fsp3) is 0.444. The van der Waals surface area contributed by atoms with Crippen LogP contribution in [-0.2, 0) is 9.59 Å². The molecule has 1 aromatic heterocycles. The van der Waals surface area contributed by atoms with Crippen LogP contribution in [0.2, 0.25) is 0 Å². The number of piperidine rings is 1. The van der Waals surface area contributed by atoms with Gasteiger partial charge in [-0.2, -0.15) is 0 Å². The molecule has 0 aromatic carbocycles. The van der Waals surface area contributed by atoms with Gasteiger partial charge in [-0.1, -0.05) is 11.3 Å². The molecule has 1 fully saturated rings. The second-order valence-electron chi connectivity index (χ2n) is 3.64. The molecular formula is C9H11N5O3S. The maximum absolute atomic E-state index is 11.8. The van der Waals surface area contributed by atoms with Gasteiger partial charge in [-0.3, -0.25) is 19.7 Å². The van der Waals surface area contributed by atoms with Crippen LogP contribution in [0, 0.1) is 0 Å². The van der Waals surface area contributed by atoms with Crippen molar-refractivity contribution in [3.05, 3.63) is 5.01 Å². The molecule has 0 radical (unpaired) electrons. The van der Waals surface area contributed by atoms with Crippen LogP contribution in [0.4, 0.5) is 5.13 Å². The average molecular weight is 269 g/mol. The van der Waals surface area contributed by atoms with Crippen molar-refractivity contribution in [1.29, 1.82) is 0 Å². The summed E-state index contributed by atoms with van der Waals surface area (Å²) < 4.78 is 0. The Morgan fingerprint density at radius 2 is 2.22 bits per heavy atom. The number of aromatic nitrogens is 2. The summed E-state index contributed by atoms with van der Waals surface area (Å²) in [7, 11) is 1.67. The molecular weight excluding hydrogens is 258 g/mol. The fourth-order valence-corrected chi connectivity index (χ4v) is 2.07. The van der Waals surface area contributed by atoms with E-state index < -0.39 is 17.9 Å². The minimum Gasteiger partial charge on any atom is -0.363 e. The highest BCUT2D eigenvalue weighted by Crippen LogP contribution is 2.14. The van der Waals surface area contributed by atoms with Gasteiger partial charge in [-0.05, 0) is 6.42 Å². The minimum absolute atomic E-state index is 0.170. The molecule has 0 aliphatic carbocycles. The van der Waals surface area contributed by atoms with E-state index in [1.165, 1.54) is 0 Å². The van der Waals surface area contributed by atoms with Gasteiger partial charge in [0.05, 0.1) is 0 Å². The summed E-state index contributed by atoms with van der Waals surface area (Å²) in [5, 5.41) is 15.5. The fourth-order valence-electron chi connectivity index (χ4n) is 1.47. The molecule has 0 spiro atoms. The Balaban J connectivity index is 1.99. The summed E-state index contributed by atoms with van der Waals surface area (Å²) in [6.45, 7) is 0. The van der Waals surface area contributed by atoms with Crippen molar-refractivity contribution in [2.75, 3.05) is 12.4 Å². The number of hydrogen-bond acceptors (Lipinski definition) is 7.